The van der Waals surface area contributed by atoms with Crippen LogP contribution in [0.1, 0.15) is 34.7 Å². The lowest BCUT2D eigenvalue weighted by atomic mass is 9.94. The van der Waals surface area contributed by atoms with Gasteiger partial charge >= 0.3 is 0 Å². The van der Waals surface area contributed by atoms with Crippen molar-refractivity contribution in [2.24, 2.45) is 0 Å². The Morgan fingerprint density at radius 1 is 1.44 bits per heavy atom. The first kappa shape index (κ1) is 12.9. The number of nitrogens with one attached hydrogen (secondary N) is 1. The van der Waals surface area contributed by atoms with Gasteiger partial charge in [-0.25, -0.2) is 0 Å². The van der Waals surface area contributed by atoms with E-state index < -0.39 is 0 Å². The number of fused-ring (bicyclic) bond motifs is 1. The van der Waals surface area contributed by atoms with Gasteiger partial charge in [0.2, 0.25) is 0 Å². The Morgan fingerprint density at radius 2 is 2.28 bits per heavy atom. The molecule has 1 aliphatic rings. The molecule has 0 fully saturated rings. The van der Waals surface area contributed by atoms with Crippen LogP contribution in [0.25, 0.3) is 0 Å². The van der Waals surface area contributed by atoms with Gasteiger partial charge in [0.25, 0.3) is 0 Å². The lowest BCUT2D eigenvalue weighted by Crippen LogP contribution is -1.95. The maximum atomic E-state index is 8.85. The van der Waals surface area contributed by atoms with Crippen molar-refractivity contribution in [2.75, 3.05) is 0 Å². The van der Waals surface area contributed by atoms with E-state index >= 15 is 0 Å². The summed E-state index contributed by atoms with van der Waals surface area (Å²) in [4.78, 5) is 0. The average molecular weight is 280 g/mol. The van der Waals surface area contributed by atoms with E-state index in [0.717, 1.165) is 18.4 Å². The van der Waals surface area contributed by atoms with Gasteiger partial charge in [-0.15, -0.1) is 12.4 Å². The van der Waals surface area contributed by atoms with Gasteiger partial charge in [0, 0.05) is 17.2 Å². The third kappa shape index (κ3) is 1.98. The molecule has 0 bridgehead atoms. The second-order valence-electron chi connectivity index (χ2n) is 4.25. The first-order chi connectivity index (χ1) is 8.29. The molecule has 18 heavy (non-hydrogen) atoms. The van der Waals surface area contributed by atoms with Crippen molar-refractivity contribution >= 4 is 24.0 Å². The monoisotopic (exact) mass is 279 g/mol. The Labute approximate surface area is 116 Å². The van der Waals surface area contributed by atoms with Gasteiger partial charge in [-0.2, -0.15) is 10.4 Å². The summed E-state index contributed by atoms with van der Waals surface area (Å²) in [6, 6.07) is 7.74. The number of nitrogens with zero attached hydrogens (tertiary/aromatic N) is 2. The Kier molecular flexibility index (Phi) is 3.60. The number of halogens is 2. The predicted molar refractivity (Wildman–Crippen MR) is 72.2 cm³/mol. The normalized spacial score (nSPS) is 16.8. The highest BCUT2D eigenvalue weighted by atomic mass is 35.5. The van der Waals surface area contributed by atoms with Crippen molar-refractivity contribution in [3.63, 3.8) is 0 Å². The van der Waals surface area contributed by atoms with Crippen LogP contribution in [-0.4, -0.2) is 10.2 Å². The molecule has 0 aliphatic heterocycles. The quantitative estimate of drug-likeness (QED) is 0.870. The molecule has 1 unspecified atom stereocenters. The zero-order chi connectivity index (χ0) is 11.8. The van der Waals surface area contributed by atoms with Gasteiger partial charge < -0.3 is 0 Å². The average Bonchev–Trinajstić information content (AvgIpc) is 2.90. The molecule has 1 aromatic heterocycles. The lowest BCUT2D eigenvalue weighted by molar-refractivity contribution is 0.770. The van der Waals surface area contributed by atoms with Gasteiger partial charge in [-0.05, 0) is 30.5 Å². The Bertz CT molecular complexity index is 613. The highest BCUT2D eigenvalue weighted by molar-refractivity contribution is 6.31. The molecule has 1 N–H and O–H groups in total. The van der Waals surface area contributed by atoms with E-state index in [2.05, 4.69) is 16.3 Å². The van der Waals surface area contributed by atoms with E-state index in [1.807, 2.05) is 18.3 Å². The number of nitriles is 1. The summed E-state index contributed by atoms with van der Waals surface area (Å²) in [6.45, 7) is 0. The molecule has 1 aromatic carbocycles. The number of rotatable bonds is 1. The molecule has 92 valence electrons. The molecule has 0 radical (unpaired) electrons. The number of hydrogen-bond donors (Lipinski definition) is 1. The van der Waals surface area contributed by atoms with Crippen molar-refractivity contribution in [3.8, 4) is 6.07 Å². The van der Waals surface area contributed by atoms with Crippen LogP contribution in [0.15, 0.2) is 24.4 Å². The van der Waals surface area contributed by atoms with Crippen molar-refractivity contribution < 1.29 is 0 Å². The fourth-order valence-corrected chi connectivity index (χ4v) is 2.68. The van der Waals surface area contributed by atoms with E-state index in [-0.39, 0.29) is 12.4 Å². The van der Waals surface area contributed by atoms with Crippen LogP contribution in [0.5, 0.6) is 0 Å². The molecular formula is C13H11Cl2N3. The molecular weight excluding hydrogens is 269 g/mol. The number of aryl methyl sites for hydroxylation is 1. The summed E-state index contributed by atoms with van der Waals surface area (Å²) in [5.74, 6) is 0.356. The van der Waals surface area contributed by atoms with Crippen LogP contribution in [0, 0.1) is 11.3 Å². The molecule has 0 spiro atoms. The van der Waals surface area contributed by atoms with Crippen LogP contribution >= 0.6 is 24.0 Å². The number of benzene rings is 1. The molecule has 0 amide bonds. The Hall–Kier alpha value is -1.50. The first-order valence-corrected chi connectivity index (χ1v) is 5.89. The topological polar surface area (TPSA) is 52.5 Å². The van der Waals surface area contributed by atoms with Gasteiger partial charge in [0.1, 0.15) is 6.07 Å². The van der Waals surface area contributed by atoms with Crippen molar-refractivity contribution in [2.45, 2.75) is 18.8 Å². The van der Waals surface area contributed by atoms with Crippen LogP contribution in [0.4, 0.5) is 0 Å². The fourth-order valence-electron chi connectivity index (χ4n) is 2.45. The lowest BCUT2D eigenvalue weighted by Gasteiger charge is -2.10. The highest BCUT2D eigenvalue weighted by Crippen LogP contribution is 2.37. The molecule has 3 nitrogen and oxygen atoms in total. The Morgan fingerprint density at radius 3 is 3.00 bits per heavy atom. The summed E-state index contributed by atoms with van der Waals surface area (Å²) < 4.78 is 0. The third-order valence-electron chi connectivity index (χ3n) is 3.33. The molecule has 0 saturated carbocycles. The smallest absolute Gasteiger partial charge is 0.101 e. The van der Waals surface area contributed by atoms with Crippen molar-refractivity contribution in [1.82, 2.24) is 10.2 Å². The summed E-state index contributed by atoms with van der Waals surface area (Å²) >= 11 is 6.06. The predicted octanol–water partition coefficient (Wildman–Crippen LogP) is 3.43. The standard InChI is InChI=1S/C13H10ClN3.ClH/c14-12-5-8(1-2-9(12)6-15)10-3-4-13-11(10)7-16-17-13;/h1-2,5,7,10H,3-4H2,(H,16,17);1H. The molecule has 5 heteroatoms. The van der Waals surface area contributed by atoms with E-state index in [0.29, 0.717) is 16.5 Å². The summed E-state index contributed by atoms with van der Waals surface area (Å²) in [5, 5.41) is 16.5. The largest absolute Gasteiger partial charge is 0.282 e. The number of hydrogen-bond acceptors (Lipinski definition) is 2. The third-order valence-corrected chi connectivity index (χ3v) is 3.64. The molecule has 1 atom stereocenters. The van der Waals surface area contributed by atoms with Crippen molar-refractivity contribution in [1.29, 1.82) is 5.26 Å². The molecule has 1 heterocycles. The number of aromatic amines is 1. The fraction of sp³-hybridized carbons (Fsp3) is 0.231. The summed E-state index contributed by atoms with van der Waals surface area (Å²) in [5.41, 5.74) is 4.16. The zero-order valence-corrected chi connectivity index (χ0v) is 11.1. The van der Waals surface area contributed by atoms with Gasteiger partial charge in [-0.1, -0.05) is 17.7 Å². The van der Waals surface area contributed by atoms with Crippen LogP contribution in [0.3, 0.4) is 0 Å². The minimum atomic E-state index is 0. The van der Waals surface area contributed by atoms with Crippen LogP contribution in [-0.2, 0) is 6.42 Å². The molecule has 2 aromatic rings. The minimum absolute atomic E-state index is 0. The summed E-state index contributed by atoms with van der Waals surface area (Å²) in [6.07, 6.45) is 3.99. The number of H-pyrrole nitrogens is 1. The maximum absolute atomic E-state index is 8.85. The van der Waals surface area contributed by atoms with Gasteiger partial charge in [0.05, 0.1) is 16.8 Å². The van der Waals surface area contributed by atoms with Crippen LogP contribution < -0.4 is 0 Å². The molecule has 1 aliphatic carbocycles. The second-order valence-corrected chi connectivity index (χ2v) is 4.65. The first-order valence-electron chi connectivity index (χ1n) is 5.51. The van der Waals surface area contributed by atoms with Crippen LogP contribution in [0.2, 0.25) is 5.02 Å². The van der Waals surface area contributed by atoms with E-state index in [1.54, 1.807) is 6.07 Å². The number of aromatic nitrogens is 2. The molecule has 3 rings (SSSR count). The summed E-state index contributed by atoms with van der Waals surface area (Å²) in [7, 11) is 0. The van der Waals surface area contributed by atoms with Crippen molar-refractivity contribution in [3.05, 3.63) is 51.8 Å². The molecule has 0 saturated heterocycles. The van der Waals surface area contributed by atoms with E-state index in [1.165, 1.54) is 11.3 Å². The van der Waals surface area contributed by atoms with E-state index in [9.17, 15) is 0 Å². The zero-order valence-electron chi connectivity index (χ0n) is 9.48. The highest BCUT2D eigenvalue weighted by Gasteiger charge is 2.25. The Balaban J connectivity index is 0.00000120. The van der Waals surface area contributed by atoms with E-state index in [4.69, 9.17) is 16.9 Å². The SMILES string of the molecule is Cl.N#Cc1ccc(C2CCc3[nH]ncc32)cc1Cl. The maximum Gasteiger partial charge on any atom is 0.101 e. The van der Waals surface area contributed by atoms with Gasteiger partial charge in [-0.3, -0.25) is 5.10 Å². The minimum Gasteiger partial charge on any atom is -0.282 e. The second kappa shape index (κ2) is 5.01. The van der Waals surface area contributed by atoms with Gasteiger partial charge in [0.15, 0.2) is 0 Å².